The van der Waals surface area contributed by atoms with Crippen molar-refractivity contribution in [2.45, 2.75) is 6.92 Å². The lowest BCUT2D eigenvalue weighted by Gasteiger charge is -2.11. The molecule has 0 aliphatic heterocycles. The summed E-state index contributed by atoms with van der Waals surface area (Å²) in [5.74, 6) is 0.135. The van der Waals surface area contributed by atoms with Crippen LogP contribution in [0.25, 0.3) is 6.08 Å². The second-order valence-corrected chi connectivity index (χ2v) is 5.95. The zero-order valence-corrected chi connectivity index (χ0v) is 15.8. The van der Waals surface area contributed by atoms with Crippen molar-refractivity contribution in [1.82, 2.24) is 0 Å². The third-order valence-corrected chi connectivity index (χ3v) is 4.08. The Hall–Kier alpha value is -2.98. The molecule has 0 aromatic heterocycles. The van der Waals surface area contributed by atoms with Crippen molar-refractivity contribution >= 4 is 33.6 Å². The number of nitrogens with zero attached hydrogens (tertiary/aromatic N) is 1. The van der Waals surface area contributed by atoms with E-state index in [1.54, 1.807) is 24.3 Å². The van der Waals surface area contributed by atoms with Gasteiger partial charge in [0.2, 0.25) is 0 Å². The summed E-state index contributed by atoms with van der Waals surface area (Å²) in [5, 5.41) is 21.8. The fourth-order valence-electron chi connectivity index (χ4n) is 2.18. The van der Waals surface area contributed by atoms with Crippen molar-refractivity contribution in [3.05, 3.63) is 52.0 Å². The first kappa shape index (κ1) is 19.3. The molecule has 0 aliphatic rings. The maximum absolute atomic E-state index is 12.5. The normalized spacial score (nSPS) is 10.8. The van der Waals surface area contributed by atoms with E-state index in [-0.39, 0.29) is 17.1 Å². The van der Waals surface area contributed by atoms with Crippen LogP contribution in [0.1, 0.15) is 12.5 Å². The van der Waals surface area contributed by atoms with Crippen LogP contribution in [-0.4, -0.2) is 24.7 Å². The van der Waals surface area contributed by atoms with Gasteiger partial charge in [0.25, 0.3) is 5.91 Å². The molecule has 134 valence electrons. The highest BCUT2D eigenvalue weighted by Crippen LogP contribution is 2.33. The number of para-hydroxylation sites is 2. The van der Waals surface area contributed by atoms with E-state index in [0.717, 1.165) is 0 Å². The number of halogens is 1. The number of ether oxygens (including phenoxy) is 2. The molecular weight excluding hydrogens is 400 g/mol. The minimum atomic E-state index is -0.571. The predicted molar refractivity (Wildman–Crippen MR) is 102 cm³/mol. The molecule has 0 saturated carbocycles. The zero-order chi connectivity index (χ0) is 19.1. The van der Waals surface area contributed by atoms with E-state index in [9.17, 15) is 15.2 Å². The highest BCUT2D eigenvalue weighted by atomic mass is 79.9. The Kier molecular flexibility index (Phi) is 6.64. The molecule has 0 spiro atoms. The molecule has 0 fully saturated rings. The van der Waals surface area contributed by atoms with Gasteiger partial charge in [-0.25, -0.2) is 0 Å². The third kappa shape index (κ3) is 4.55. The number of hydrogen-bond donors (Lipinski definition) is 2. The second kappa shape index (κ2) is 8.92. The van der Waals surface area contributed by atoms with Crippen LogP contribution in [0, 0.1) is 11.3 Å². The summed E-state index contributed by atoms with van der Waals surface area (Å²) in [4.78, 5) is 12.5. The molecule has 0 aliphatic carbocycles. The van der Waals surface area contributed by atoms with Crippen molar-refractivity contribution in [1.29, 1.82) is 5.26 Å². The fraction of sp³-hybridized carbons (Fsp3) is 0.158. The number of carbonyl (C=O) groups is 1. The Morgan fingerprint density at radius 2 is 2.08 bits per heavy atom. The van der Waals surface area contributed by atoms with Gasteiger partial charge in [-0.2, -0.15) is 5.26 Å². The molecule has 2 aromatic rings. The first-order chi connectivity index (χ1) is 12.5. The van der Waals surface area contributed by atoms with Gasteiger partial charge in [0.05, 0.1) is 19.4 Å². The summed E-state index contributed by atoms with van der Waals surface area (Å²) < 4.78 is 11.0. The van der Waals surface area contributed by atoms with Crippen LogP contribution in [-0.2, 0) is 4.79 Å². The molecular formula is C19H17BrN2O4. The minimum Gasteiger partial charge on any atom is -0.504 e. The molecule has 2 aromatic carbocycles. The van der Waals surface area contributed by atoms with Gasteiger partial charge in [-0.1, -0.05) is 28.1 Å². The van der Waals surface area contributed by atoms with Crippen LogP contribution in [0.3, 0.4) is 0 Å². The number of phenolic OH excluding ortho intramolecular Hbond substituents is 1. The van der Waals surface area contributed by atoms with Gasteiger partial charge in [-0.3, -0.25) is 4.79 Å². The number of benzene rings is 2. The first-order valence-electron chi connectivity index (χ1n) is 7.71. The van der Waals surface area contributed by atoms with Crippen LogP contribution >= 0.6 is 15.9 Å². The molecule has 0 radical (unpaired) electrons. The summed E-state index contributed by atoms with van der Waals surface area (Å²) in [5.41, 5.74) is 0.886. The molecule has 2 N–H and O–H groups in total. The van der Waals surface area contributed by atoms with Crippen molar-refractivity contribution in [2.24, 2.45) is 0 Å². The molecule has 0 heterocycles. The lowest BCUT2D eigenvalue weighted by molar-refractivity contribution is -0.112. The highest BCUT2D eigenvalue weighted by Gasteiger charge is 2.14. The standard InChI is InChI=1S/C19H17BrN2O4/c1-3-26-17-7-5-4-6-15(17)22-19(24)13(11-21)8-12-9-18(25-2)16(23)10-14(12)20/h4-10,23H,3H2,1-2H3,(H,22,24). The van der Waals surface area contributed by atoms with Crippen molar-refractivity contribution in [3.63, 3.8) is 0 Å². The number of rotatable bonds is 6. The van der Waals surface area contributed by atoms with Gasteiger partial charge in [-0.15, -0.1) is 0 Å². The molecule has 0 atom stereocenters. The maximum Gasteiger partial charge on any atom is 0.266 e. The number of methoxy groups -OCH3 is 1. The Morgan fingerprint density at radius 3 is 2.73 bits per heavy atom. The number of phenols is 1. The van der Waals surface area contributed by atoms with Crippen LogP contribution in [0.4, 0.5) is 5.69 Å². The van der Waals surface area contributed by atoms with Gasteiger partial charge < -0.3 is 19.9 Å². The Balaban J connectivity index is 2.33. The van der Waals surface area contributed by atoms with Gasteiger partial charge in [0.15, 0.2) is 11.5 Å². The predicted octanol–water partition coefficient (Wildman–Crippen LogP) is 4.11. The van der Waals surface area contributed by atoms with Gasteiger partial charge >= 0.3 is 0 Å². The summed E-state index contributed by atoms with van der Waals surface area (Å²) in [6, 6.07) is 11.8. The van der Waals surface area contributed by atoms with E-state index >= 15 is 0 Å². The van der Waals surface area contributed by atoms with E-state index in [1.165, 1.54) is 25.3 Å². The SMILES string of the molecule is CCOc1ccccc1NC(=O)C(C#N)=Cc1cc(OC)c(O)cc1Br. The molecule has 6 nitrogen and oxygen atoms in total. The molecule has 7 heteroatoms. The Labute approximate surface area is 159 Å². The smallest absolute Gasteiger partial charge is 0.266 e. The number of hydrogen-bond acceptors (Lipinski definition) is 5. The Morgan fingerprint density at radius 1 is 1.35 bits per heavy atom. The minimum absolute atomic E-state index is 0.0508. The number of nitrogens with one attached hydrogen (secondary N) is 1. The van der Waals surface area contributed by atoms with E-state index in [0.29, 0.717) is 28.1 Å². The number of aromatic hydroxyl groups is 1. The van der Waals surface area contributed by atoms with Crippen LogP contribution in [0.5, 0.6) is 17.2 Å². The average molecular weight is 417 g/mol. The largest absolute Gasteiger partial charge is 0.504 e. The fourth-order valence-corrected chi connectivity index (χ4v) is 2.62. The first-order valence-corrected chi connectivity index (χ1v) is 8.50. The molecule has 0 saturated heterocycles. The van der Waals surface area contributed by atoms with Crippen LogP contribution < -0.4 is 14.8 Å². The molecule has 2 rings (SSSR count). The summed E-state index contributed by atoms with van der Waals surface area (Å²) in [7, 11) is 1.42. The number of nitriles is 1. The van der Waals surface area contributed by atoms with Crippen molar-refractivity contribution < 1.29 is 19.4 Å². The topological polar surface area (TPSA) is 91.6 Å². The van der Waals surface area contributed by atoms with E-state index in [4.69, 9.17) is 9.47 Å². The lowest BCUT2D eigenvalue weighted by atomic mass is 10.1. The summed E-state index contributed by atoms with van der Waals surface area (Å²) in [6.45, 7) is 2.29. The molecule has 26 heavy (non-hydrogen) atoms. The average Bonchev–Trinajstić information content (AvgIpc) is 2.63. The van der Waals surface area contributed by atoms with Crippen LogP contribution in [0.2, 0.25) is 0 Å². The van der Waals surface area contributed by atoms with E-state index < -0.39 is 5.91 Å². The van der Waals surface area contributed by atoms with Gasteiger partial charge in [-0.05, 0) is 42.8 Å². The number of carbonyl (C=O) groups excluding carboxylic acids is 1. The maximum atomic E-state index is 12.5. The van der Waals surface area contributed by atoms with Crippen molar-refractivity contribution in [3.8, 4) is 23.3 Å². The van der Waals surface area contributed by atoms with E-state index in [2.05, 4.69) is 21.2 Å². The third-order valence-electron chi connectivity index (χ3n) is 3.40. The second-order valence-electron chi connectivity index (χ2n) is 5.10. The summed E-state index contributed by atoms with van der Waals surface area (Å²) in [6.07, 6.45) is 1.41. The number of anilines is 1. The molecule has 0 bridgehead atoms. The van der Waals surface area contributed by atoms with Crippen molar-refractivity contribution in [2.75, 3.05) is 19.0 Å². The quantitative estimate of drug-likeness (QED) is 0.545. The van der Waals surface area contributed by atoms with Crippen LogP contribution in [0.15, 0.2) is 46.4 Å². The summed E-state index contributed by atoms with van der Waals surface area (Å²) >= 11 is 3.30. The van der Waals surface area contributed by atoms with Gasteiger partial charge in [0, 0.05) is 4.47 Å². The number of amides is 1. The lowest BCUT2D eigenvalue weighted by Crippen LogP contribution is -2.14. The van der Waals surface area contributed by atoms with E-state index in [1.807, 2.05) is 13.0 Å². The highest BCUT2D eigenvalue weighted by molar-refractivity contribution is 9.10. The van der Waals surface area contributed by atoms with Gasteiger partial charge in [0.1, 0.15) is 17.4 Å². The Bertz CT molecular complexity index is 888. The molecule has 1 amide bonds. The monoisotopic (exact) mass is 416 g/mol. The zero-order valence-electron chi connectivity index (χ0n) is 14.2. The molecule has 0 unspecified atom stereocenters.